The number of halogens is 2. The SMILES string of the molecule is CC(C)NC(=O)N(Cc1ccccc1Cl)C[C@H]1CC(c2ccc(Cl)cc2)=NO1. The molecule has 0 saturated heterocycles. The van der Waals surface area contributed by atoms with Gasteiger partial charge in [0.05, 0.1) is 12.3 Å². The average Bonchev–Trinajstić information content (AvgIpc) is 3.11. The minimum Gasteiger partial charge on any atom is -0.390 e. The van der Waals surface area contributed by atoms with Crippen LogP contribution in [0.3, 0.4) is 0 Å². The lowest BCUT2D eigenvalue weighted by Crippen LogP contribution is -2.45. The molecule has 0 aromatic heterocycles. The van der Waals surface area contributed by atoms with Crippen LogP contribution in [0.15, 0.2) is 53.7 Å². The molecule has 2 amide bonds. The number of urea groups is 1. The number of hydrogen-bond donors (Lipinski definition) is 1. The summed E-state index contributed by atoms with van der Waals surface area (Å²) in [6.45, 7) is 4.66. The maximum Gasteiger partial charge on any atom is 0.318 e. The summed E-state index contributed by atoms with van der Waals surface area (Å²) < 4.78 is 0. The molecular formula is C21H23Cl2N3O2. The number of rotatable bonds is 6. The molecule has 0 spiro atoms. The van der Waals surface area contributed by atoms with Gasteiger partial charge in [-0.1, -0.05) is 58.7 Å². The van der Waals surface area contributed by atoms with Crippen molar-refractivity contribution in [1.82, 2.24) is 10.2 Å². The number of amides is 2. The van der Waals surface area contributed by atoms with E-state index in [1.807, 2.05) is 62.4 Å². The molecule has 3 rings (SSSR count). The quantitative estimate of drug-likeness (QED) is 0.707. The van der Waals surface area contributed by atoms with Crippen LogP contribution in [0.25, 0.3) is 0 Å². The molecular weight excluding hydrogens is 397 g/mol. The number of nitrogens with zero attached hydrogens (tertiary/aromatic N) is 2. The fourth-order valence-corrected chi connectivity index (χ4v) is 3.30. The third-order valence-electron chi connectivity index (χ3n) is 4.35. The maximum atomic E-state index is 12.7. The fourth-order valence-electron chi connectivity index (χ4n) is 2.97. The van der Waals surface area contributed by atoms with Gasteiger partial charge in [-0.25, -0.2) is 4.79 Å². The Kier molecular flexibility index (Phi) is 6.81. The Balaban J connectivity index is 1.68. The van der Waals surface area contributed by atoms with Crippen LogP contribution in [0, 0.1) is 0 Å². The lowest BCUT2D eigenvalue weighted by Gasteiger charge is -2.26. The number of hydrogen-bond acceptors (Lipinski definition) is 3. The molecule has 28 heavy (non-hydrogen) atoms. The zero-order chi connectivity index (χ0) is 20.1. The zero-order valence-corrected chi connectivity index (χ0v) is 17.4. The number of carbonyl (C=O) groups is 1. The zero-order valence-electron chi connectivity index (χ0n) is 15.9. The molecule has 0 radical (unpaired) electrons. The number of nitrogens with one attached hydrogen (secondary N) is 1. The van der Waals surface area contributed by atoms with Crippen LogP contribution in [-0.2, 0) is 11.4 Å². The average molecular weight is 420 g/mol. The standard InChI is InChI=1S/C21H23Cl2N3O2/c1-14(2)24-21(27)26(12-16-5-3-4-6-19(16)23)13-18-11-20(25-28-18)15-7-9-17(22)10-8-15/h3-10,14,18H,11-13H2,1-2H3,(H,24,27)/t18-/m1/s1. The smallest absolute Gasteiger partial charge is 0.318 e. The minimum absolute atomic E-state index is 0.0339. The van der Waals surface area contributed by atoms with Crippen LogP contribution in [0.4, 0.5) is 4.79 Å². The molecule has 1 aliphatic rings. The van der Waals surface area contributed by atoms with Crippen molar-refractivity contribution >= 4 is 34.9 Å². The van der Waals surface area contributed by atoms with Crippen LogP contribution in [0.2, 0.25) is 10.0 Å². The molecule has 1 atom stereocenters. The highest BCUT2D eigenvalue weighted by atomic mass is 35.5. The van der Waals surface area contributed by atoms with E-state index in [1.165, 1.54) is 0 Å². The molecule has 0 unspecified atom stereocenters. The van der Waals surface area contributed by atoms with Crippen LogP contribution in [-0.4, -0.2) is 35.3 Å². The van der Waals surface area contributed by atoms with Gasteiger partial charge in [-0.3, -0.25) is 0 Å². The van der Waals surface area contributed by atoms with E-state index in [0.717, 1.165) is 16.8 Å². The summed E-state index contributed by atoms with van der Waals surface area (Å²) in [5.74, 6) is 0. The molecule has 5 nitrogen and oxygen atoms in total. The Labute approximate surface area is 175 Å². The highest BCUT2D eigenvalue weighted by molar-refractivity contribution is 6.31. The van der Waals surface area contributed by atoms with E-state index in [-0.39, 0.29) is 18.2 Å². The summed E-state index contributed by atoms with van der Waals surface area (Å²) in [5.41, 5.74) is 2.71. The van der Waals surface area contributed by atoms with E-state index >= 15 is 0 Å². The lowest BCUT2D eigenvalue weighted by molar-refractivity contribution is 0.0586. The fraction of sp³-hybridized carbons (Fsp3) is 0.333. The molecule has 2 aromatic rings. The molecule has 0 bridgehead atoms. The highest BCUT2D eigenvalue weighted by Gasteiger charge is 2.27. The Morgan fingerprint density at radius 1 is 1.21 bits per heavy atom. The van der Waals surface area contributed by atoms with Gasteiger partial charge in [-0.2, -0.15) is 0 Å². The first-order chi connectivity index (χ1) is 13.4. The Bertz CT molecular complexity index is 853. The summed E-state index contributed by atoms with van der Waals surface area (Å²) in [7, 11) is 0. The van der Waals surface area contributed by atoms with Crippen molar-refractivity contribution in [2.75, 3.05) is 6.54 Å². The first-order valence-electron chi connectivity index (χ1n) is 9.20. The van der Waals surface area contributed by atoms with E-state index in [4.69, 9.17) is 28.0 Å². The lowest BCUT2D eigenvalue weighted by atomic mass is 10.0. The van der Waals surface area contributed by atoms with Crippen molar-refractivity contribution in [1.29, 1.82) is 0 Å². The van der Waals surface area contributed by atoms with Gasteiger partial charge in [-0.15, -0.1) is 0 Å². The van der Waals surface area contributed by atoms with Crippen LogP contribution >= 0.6 is 23.2 Å². The van der Waals surface area contributed by atoms with Gasteiger partial charge >= 0.3 is 6.03 Å². The minimum atomic E-state index is -0.217. The molecule has 1 aliphatic heterocycles. The maximum absolute atomic E-state index is 12.7. The van der Waals surface area contributed by atoms with Crippen molar-refractivity contribution in [2.24, 2.45) is 5.16 Å². The Morgan fingerprint density at radius 2 is 1.93 bits per heavy atom. The number of carbonyl (C=O) groups excluding carboxylic acids is 1. The predicted molar refractivity (Wildman–Crippen MR) is 113 cm³/mol. The third-order valence-corrected chi connectivity index (χ3v) is 4.97. The molecule has 2 aromatic carbocycles. The molecule has 0 saturated carbocycles. The van der Waals surface area contributed by atoms with E-state index in [2.05, 4.69) is 10.5 Å². The molecule has 0 fully saturated rings. The second-order valence-corrected chi connectivity index (χ2v) is 7.90. The predicted octanol–water partition coefficient (Wildman–Crippen LogP) is 5.11. The van der Waals surface area contributed by atoms with E-state index in [1.54, 1.807) is 4.90 Å². The number of benzene rings is 2. The van der Waals surface area contributed by atoms with E-state index in [9.17, 15) is 4.79 Å². The van der Waals surface area contributed by atoms with Crippen molar-refractivity contribution in [3.05, 3.63) is 69.7 Å². The summed E-state index contributed by atoms with van der Waals surface area (Å²) in [6, 6.07) is 14.9. The first kappa shape index (κ1) is 20.5. The van der Waals surface area contributed by atoms with Gasteiger partial charge in [0.1, 0.15) is 0 Å². The van der Waals surface area contributed by atoms with Crippen molar-refractivity contribution < 1.29 is 9.63 Å². The molecule has 148 valence electrons. The van der Waals surface area contributed by atoms with Crippen molar-refractivity contribution in [3.8, 4) is 0 Å². The number of oxime groups is 1. The Morgan fingerprint density at radius 3 is 2.61 bits per heavy atom. The molecule has 0 aliphatic carbocycles. The van der Waals surface area contributed by atoms with Gasteiger partial charge in [0, 0.05) is 29.1 Å². The Hall–Kier alpha value is -2.24. The van der Waals surface area contributed by atoms with Crippen LogP contribution in [0.1, 0.15) is 31.4 Å². The first-order valence-corrected chi connectivity index (χ1v) is 9.95. The molecule has 7 heteroatoms. The summed E-state index contributed by atoms with van der Waals surface area (Å²) >= 11 is 12.2. The van der Waals surface area contributed by atoms with E-state index < -0.39 is 0 Å². The van der Waals surface area contributed by atoms with Crippen LogP contribution in [0.5, 0.6) is 0 Å². The second kappa shape index (κ2) is 9.30. The van der Waals surface area contributed by atoms with E-state index in [0.29, 0.717) is 29.6 Å². The highest BCUT2D eigenvalue weighted by Crippen LogP contribution is 2.22. The summed E-state index contributed by atoms with van der Waals surface area (Å²) in [4.78, 5) is 20.0. The molecule has 1 heterocycles. The van der Waals surface area contributed by atoms with Gasteiger partial charge < -0.3 is 15.1 Å². The molecule has 1 N–H and O–H groups in total. The normalized spacial score (nSPS) is 15.9. The van der Waals surface area contributed by atoms with Gasteiger partial charge in [0.25, 0.3) is 0 Å². The van der Waals surface area contributed by atoms with Gasteiger partial charge in [-0.05, 0) is 43.2 Å². The van der Waals surface area contributed by atoms with Crippen LogP contribution < -0.4 is 5.32 Å². The van der Waals surface area contributed by atoms with Gasteiger partial charge in [0.2, 0.25) is 0 Å². The summed E-state index contributed by atoms with van der Waals surface area (Å²) in [5, 5.41) is 8.46. The second-order valence-electron chi connectivity index (χ2n) is 7.05. The van der Waals surface area contributed by atoms with Gasteiger partial charge in [0.15, 0.2) is 6.10 Å². The topological polar surface area (TPSA) is 53.9 Å². The third kappa shape index (κ3) is 5.40. The largest absolute Gasteiger partial charge is 0.390 e. The summed E-state index contributed by atoms with van der Waals surface area (Å²) in [6.07, 6.45) is 0.404. The van der Waals surface area contributed by atoms with Crippen molar-refractivity contribution in [2.45, 2.75) is 39.0 Å². The monoisotopic (exact) mass is 419 g/mol. The van der Waals surface area contributed by atoms with Crippen molar-refractivity contribution in [3.63, 3.8) is 0 Å².